The lowest BCUT2D eigenvalue weighted by Gasteiger charge is -2.27. The molecule has 0 bridgehead atoms. The molecule has 1 amide bonds. The number of halogens is 1. The number of hydrogen-bond acceptors (Lipinski definition) is 6. The second kappa shape index (κ2) is 6.91. The first-order valence-corrected chi connectivity index (χ1v) is 9.12. The van der Waals surface area contributed by atoms with Gasteiger partial charge in [-0.25, -0.2) is 4.39 Å². The van der Waals surface area contributed by atoms with Crippen molar-refractivity contribution in [2.75, 3.05) is 12.3 Å². The van der Waals surface area contributed by atoms with E-state index in [1.165, 1.54) is 17.8 Å². The van der Waals surface area contributed by atoms with Crippen molar-refractivity contribution in [3.63, 3.8) is 0 Å². The van der Waals surface area contributed by atoms with Crippen LogP contribution in [-0.2, 0) is 17.8 Å². The zero-order valence-electron chi connectivity index (χ0n) is 14.0. The lowest BCUT2D eigenvalue weighted by Crippen LogP contribution is -2.37. The third-order valence-corrected chi connectivity index (χ3v) is 5.04. The molecule has 1 aliphatic rings. The maximum absolute atomic E-state index is 14.1. The lowest BCUT2D eigenvalue weighted by molar-refractivity contribution is -0.129. The molecule has 7 nitrogen and oxygen atoms in total. The van der Waals surface area contributed by atoms with E-state index in [1.807, 2.05) is 0 Å². The number of thioether (sulfide) groups is 1. The molecule has 1 aliphatic heterocycles. The summed E-state index contributed by atoms with van der Waals surface area (Å²) in [5, 5.41) is 15.3. The lowest BCUT2D eigenvalue weighted by atomic mass is 10.0. The van der Waals surface area contributed by atoms with Crippen molar-refractivity contribution in [3.8, 4) is 11.3 Å². The summed E-state index contributed by atoms with van der Waals surface area (Å²) in [4.78, 5) is 14.3. The zero-order valence-corrected chi connectivity index (χ0v) is 14.8. The molecular formula is C17H16FN5O2S. The van der Waals surface area contributed by atoms with Crippen LogP contribution < -0.4 is 0 Å². The van der Waals surface area contributed by atoms with E-state index in [0.29, 0.717) is 41.9 Å². The average Bonchev–Trinajstić information content (AvgIpc) is 3.25. The van der Waals surface area contributed by atoms with Crippen molar-refractivity contribution in [1.82, 2.24) is 25.3 Å². The third kappa shape index (κ3) is 3.22. The maximum Gasteiger partial charge on any atom is 0.277 e. The van der Waals surface area contributed by atoms with E-state index in [2.05, 4.69) is 20.4 Å². The van der Waals surface area contributed by atoms with Gasteiger partial charge in [0, 0.05) is 43.3 Å². The molecule has 3 heterocycles. The largest absolute Gasteiger partial charge is 0.416 e. The van der Waals surface area contributed by atoms with Crippen molar-refractivity contribution in [3.05, 3.63) is 47.2 Å². The average molecular weight is 373 g/mol. The number of rotatable bonds is 4. The number of benzene rings is 1. The fourth-order valence-electron chi connectivity index (χ4n) is 2.94. The van der Waals surface area contributed by atoms with Gasteiger partial charge in [-0.15, -0.1) is 10.2 Å². The molecule has 4 rings (SSSR count). The molecule has 0 atom stereocenters. The van der Waals surface area contributed by atoms with Gasteiger partial charge in [0.25, 0.3) is 5.22 Å². The first kappa shape index (κ1) is 16.8. The van der Waals surface area contributed by atoms with Gasteiger partial charge >= 0.3 is 0 Å². The van der Waals surface area contributed by atoms with Crippen LogP contribution in [0.5, 0.6) is 0 Å². The van der Waals surface area contributed by atoms with Gasteiger partial charge < -0.3 is 9.32 Å². The van der Waals surface area contributed by atoms with E-state index < -0.39 is 0 Å². The van der Waals surface area contributed by atoms with Gasteiger partial charge in [-0.2, -0.15) is 5.10 Å². The molecule has 0 saturated heterocycles. The summed E-state index contributed by atoms with van der Waals surface area (Å²) in [7, 11) is 0. The predicted octanol–water partition coefficient (Wildman–Crippen LogP) is 2.58. The molecule has 1 N–H and O–H groups in total. The Hall–Kier alpha value is -2.68. The number of hydrogen-bond donors (Lipinski definition) is 1. The molecule has 0 unspecified atom stereocenters. The highest BCUT2D eigenvalue weighted by molar-refractivity contribution is 7.99. The van der Waals surface area contributed by atoms with Gasteiger partial charge in [0.15, 0.2) is 0 Å². The van der Waals surface area contributed by atoms with Gasteiger partial charge in [-0.1, -0.05) is 23.9 Å². The van der Waals surface area contributed by atoms with Gasteiger partial charge in [0.05, 0.1) is 5.75 Å². The van der Waals surface area contributed by atoms with Crippen molar-refractivity contribution < 1.29 is 13.6 Å². The van der Waals surface area contributed by atoms with Crippen molar-refractivity contribution in [2.24, 2.45) is 0 Å². The van der Waals surface area contributed by atoms with E-state index in [4.69, 9.17) is 4.42 Å². The Morgan fingerprint density at radius 3 is 3.00 bits per heavy atom. The number of amides is 1. The molecule has 1 aromatic carbocycles. The van der Waals surface area contributed by atoms with Crippen LogP contribution in [0.15, 0.2) is 33.9 Å². The summed E-state index contributed by atoms with van der Waals surface area (Å²) in [5.41, 5.74) is 2.83. The third-order valence-electron chi connectivity index (χ3n) is 4.24. The second-order valence-electron chi connectivity index (χ2n) is 5.95. The Labute approximate surface area is 153 Å². The summed E-state index contributed by atoms with van der Waals surface area (Å²) >= 11 is 1.21. The SMILES string of the molecule is Cc1nnc(SCC(=O)N2CCc3[nH]nc(-c4ccccc4F)c3C2)o1. The summed E-state index contributed by atoms with van der Waals surface area (Å²) in [6.07, 6.45) is 0.660. The van der Waals surface area contributed by atoms with E-state index in [-0.39, 0.29) is 17.5 Å². The van der Waals surface area contributed by atoms with E-state index in [9.17, 15) is 9.18 Å². The van der Waals surface area contributed by atoms with Crippen LogP contribution in [0.3, 0.4) is 0 Å². The molecule has 2 aromatic heterocycles. The monoisotopic (exact) mass is 373 g/mol. The normalized spacial score (nSPS) is 13.7. The number of nitrogens with one attached hydrogen (secondary N) is 1. The van der Waals surface area contributed by atoms with Gasteiger partial charge in [-0.3, -0.25) is 9.89 Å². The van der Waals surface area contributed by atoms with E-state index in [0.717, 1.165) is 11.3 Å². The molecule has 134 valence electrons. The minimum atomic E-state index is -0.326. The van der Waals surface area contributed by atoms with Crippen LogP contribution in [0.4, 0.5) is 4.39 Å². The highest BCUT2D eigenvalue weighted by Gasteiger charge is 2.26. The number of aromatic amines is 1. The zero-order chi connectivity index (χ0) is 18.1. The van der Waals surface area contributed by atoms with Crippen LogP contribution in [0.25, 0.3) is 11.3 Å². The fraction of sp³-hybridized carbons (Fsp3) is 0.294. The van der Waals surface area contributed by atoms with E-state index in [1.54, 1.807) is 30.0 Å². The molecule has 0 aliphatic carbocycles. The first-order chi connectivity index (χ1) is 12.6. The van der Waals surface area contributed by atoms with Crippen LogP contribution in [-0.4, -0.2) is 43.5 Å². The smallest absolute Gasteiger partial charge is 0.277 e. The Morgan fingerprint density at radius 2 is 2.23 bits per heavy atom. The van der Waals surface area contributed by atoms with Gasteiger partial charge in [0.2, 0.25) is 11.8 Å². The molecule has 0 radical (unpaired) electrons. The Balaban J connectivity index is 1.49. The number of nitrogens with zero attached hydrogens (tertiary/aromatic N) is 4. The molecule has 0 spiro atoms. The van der Waals surface area contributed by atoms with Crippen LogP contribution in [0.2, 0.25) is 0 Å². The molecule has 26 heavy (non-hydrogen) atoms. The van der Waals surface area contributed by atoms with Crippen molar-refractivity contribution in [2.45, 2.75) is 25.1 Å². The van der Waals surface area contributed by atoms with Crippen LogP contribution in [0.1, 0.15) is 17.1 Å². The van der Waals surface area contributed by atoms with Crippen molar-refractivity contribution in [1.29, 1.82) is 0 Å². The standard InChI is InChI=1S/C17H16FN5O2S/c1-10-19-22-17(25-10)26-9-15(24)23-7-6-14-12(8-23)16(21-20-14)11-4-2-3-5-13(11)18/h2-5H,6-9H2,1H3,(H,20,21). The summed E-state index contributed by atoms with van der Waals surface area (Å²) in [6, 6.07) is 6.52. The van der Waals surface area contributed by atoms with E-state index >= 15 is 0 Å². The Bertz CT molecular complexity index is 954. The number of aryl methyl sites for hydroxylation is 1. The van der Waals surface area contributed by atoms with Gasteiger partial charge in [-0.05, 0) is 12.1 Å². The first-order valence-electron chi connectivity index (χ1n) is 8.13. The number of carbonyl (C=O) groups is 1. The Morgan fingerprint density at radius 1 is 1.38 bits per heavy atom. The van der Waals surface area contributed by atoms with Crippen LogP contribution >= 0.6 is 11.8 Å². The Kier molecular flexibility index (Phi) is 4.46. The number of aromatic nitrogens is 4. The van der Waals surface area contributed by atoms with Gasteiger partial charge in [0.1, 0.15) is 11.5 Å². The fourth-order valence-corrected chi connectivity index (χ4v) is 3.64. The number of carbonyl (C=O) groups excluding carboxylic acids is 1. The molecule has 0 fully saturated rings. The number of fused-ring (bicyclic) bond motifs is 1. The molecule has 9 heteroatoms. The summed E-state index contributed by atoms with van der Waals surface area (Å²) in [6.45, 7) is 2.69. The number of H-pyrrole nitrogens is 1. The molecular weight excluding hydrogens is 357 g/mol. The summed E-state index contributed by atoms with van der Waals surface area (Å²) < 4.78 is 19.4. The van der Waals surface area contributed by atoms with Crippen LogP contribution in [0, 0.1) is 12.7 Å². The topological polar surface area (TPSA) is 87.9 Å². The maximum atomic E-state index is 14.1. The quantitative estimate of drug-likeness (QED) is 0.707. The molecule has 3 aromatic rings. The predicted molar refractivity (Wildman–Crippen MR) is 92.9 cm³/mol. The van der Waals surface area contributed by atoms with Crippen molar-refractivity contribution >= 4 is 17.7 Å². The second-order valence-corrected chi connectivity index (χ2v) is 6.88. The molecule has 0 saturated carbocycles. The minimum absolute atomic E-state index is 0.0304. The summed E-state index contributed by atoms with van der Waals surface area (Å²) in [5.74, 6) is 0.323. The highest BCUT2D eigenvalue weighted by atomic mass is 32.2. The highest BCUT2D eigenvalue weighted by Crippen LogP contribution is 2.30. The minimum Gasteiger partial charge on any atom is -0.416 e.